The summed E-state index contributed by atoms with van der Waals surface area (Å²) in [7, 11) is 0. The normalized spacial score (nSPS) is 23.8. The Morgan fingerprint density at radius 3 is 2.82 bits per heavy atom. The van der Waals surface area contributed by atoms with E-state index in [2.05, 4.69) is 12.2 Å². The molecule has 2 rings (SSSR count). The van der Waals surface area contributed by atoms with Gasteiger partial charge in [-0.05, 0) is 49.4 Å². The maximum Gasteiger partial charge on any atom is 0.220 e. The molecule has 2 nitrogen and oxygen atoms in total. The number of hydrogen-bond acceptors (Lipinski definition) is 1. The van der Waals surface area contributed by atoms with Crippen LogP contribution in [-0.4, -0.2) is 11.4 Å². The highest BCUT2D eigenvalue weighted by molar-refractivity contribution is 5.79. The van der Waals surface area contributed by atoms with Crippen LogP contribution in [0.2, 0.25) is 0 Å². The average Bonchev–Trinajstić information content (AvgIpc) is 2.66. The predicted molar refractivity (Wildman–Crippen MR) is 65.2 cm³/mol. The summed E-state index contributed by atoms with van der Waals surface area (Å²) in [5.74, 6) is -0.0953. The molecular weight excluding hydrogens is 217 g/mol. The number of halogens is 1. The third kappa shape index (κ3) is 2.48. The van der Waals surface area contributed by atoms with E-state index in [0.717, 1.165) is 30.4 Å². The van der Waals surface area contributed by atoms with Crippen molar-refractivity contribution in [2.75, 3.05) is 0 Å². The van der Waals surface area contributed by atoms with Crippen LogP contribution in [0.5, 0.6) is 0 Å². The Morgan fingerprint density at radius 1 is 1.47 bits per heavy atom. The Kier molecular flexibility index (Phi) is 3.18. The number of carbonyl (C=O) groups is 1. The fourth-order valence-corrected chi connectivity index (χ4v) is 2.49. The number of amides is 1. The second-order valence-electron chi connectivity index (χ2n) is 4.93. The standard InChI is InChI=1S/C14H18FNO/c1-3-14(7-6-13(17)16-14)9-11-8-12(15)5-4-10(11)2/h4-5,8H,3,6-7,9H2,1-2H3,(H,16,17). The molecule has 0 spiro atoms. The second-order valence-corrected chi connectivity index (χ2v) is 4.93. The molecule has 1 aliphatic heterocycles. The molecule has 1 fully saturated rings. The molecule has 0 aliphatic carbocycles. The molecule has 1 N–H and O–H groups in total. The quantitative estimate of drug-likeness (QED) is 0.857. The Labute approximate surface area is 101 Å². The summed E-state index contributed by atoms with van der Waals surface area (Å²) in [6.45, 7) is 4.05. The van der Waals surface area contributed by atoms with Crippen molar-refractivity contribution < 1.29 is 9.18 Å². The molecule has 1 heterocycles. The average molecular weight is 235 g/mol. The van der Waals surface area contributed by atoms with E-state index in [4.69, 9.17) is 0 Å². The predicted octanol–water partition coefficient (Wildman–Crippen LogP) is 2.74. The Hall–Kier alpha value is -1.38. The van der Waals surface area contributed by atoms with Gasteiger partial charge in [-0.1, -0.05) is 13.0 Å². The lowest BCUT2D eigenvalue weighted by molar-refractivity contribution is -0.119. The summed E-state index contributed by atoms with van der Waals surface area (Å²) < 4.78 is 13.2. The molecule has 3 heteroatoms. The molecule has 1 atom stereocenters. The molecule has 0 saturated carbocycles. The van der Waals surface area contributed by atoms with Crippen molar-refractivity contribution in [2.45, 2.75) is 45.1 Å². The van der Waals surface area contributed by atoms with Gasteiger partial charge in [-0.15, -0.1) is 0 Å². The van der Waals surface area contributed by atoms with Crippen LogP contribution >= 0.6 is 0 Å². The van der Waals surface area contributed by atoms with Crippen molar-refractivity contribution in [3.63, 3.8) is 0 Å². The van der Waals surface area contributed by atoms with Crippen LogP contribution in [0.4, 0.5) is 4.39 Å². The van der Waals surface area contributed by atoms with E-state index in [1.807, 2.05) is 6.92 Å². The van der Waals surface area contributed by atoms with Crippen molar-refractivity contribution in [1.82, 2.24) is 5.32 Å². The van der Waals surface area contributed by atoms with Gasteiger partial charge in [0.2, 0.25) is 5.91 Å². The summed E-state index contributed by atoms with van der Waals surface area (Å²) in [6, 6.07) is 4.85. The number of nitrogens with one attached hydrogen (secondary N) is 1. The van der Waals surface area contributed by atoms with Gasteiger partial charge in [-0.25, -0.2) is 4.39 Å². The van der Waals surface area contributed by atoms with Gasteiger partial charge in [0, 0.05) is 12.0 Å². The van der Waals surface area contributed by atoms with E-state index in [0.29, 0.717) is 6.42 Å². The molecule has 1 aromatic carbocycles. The van der Waals surface area contributed by atoms with Crippen LogP contribution in [-0.2, 0) is 11.2 Å². The fourth-order valence-electron chi connectivity index (χ4n) is 2.49. The number of aryl methyl sites for hydroxylation is 1. The largest absolute Gasteiger partial charge is 0.350 e. The number of hydrogen-bond donors (Lipinski definition) is 1. The van der Waals surface area contributed by atoms with Gasteiger partial charge in [0.25, 0.3) is 0 Å². The molecule has 0 bridgehead atoms. The SMILES string of the molecule is CCC1(Cc2cc(F)ccc2C)CCC(=O)N1. The molecule has 92 valence electrons. The Balaban J connectivity index is 2.24. The van der Waals surface area contributed by atoms with Crippen molar-refractivity contribution in [1.29, 1.82) is 0 Å². The van der Waals surface area contributed by atoms with E-state index < -0.39 is 0 Å². The highest BCUT2D eigenvalue weighted by atomic mass is 19.1. The van der Waals surface area contributed by atoms with Crippen LogP contribution < -0.4 is 5.32 Å². The third-order valence-electron chi connectivity index (χ3n) is 3.75. The molecule has 1 unspecified atom stereocenters. The monoisotopic (exact) mass is 235 g/mol. The summed E-state index contributed by atoms with van der Waals surface area (Å²) in [4.78, 5) is 11.4. The van der Waals surface area contributed by atoms with E-state index in [9.17, 15) is 9.18 Å². The number of carbonyl (C=O) groups excluding carboxylic acids is 1. The summed E-state index contributed by atoms with van der Waals surface area (Å²) in [5, 5.41) is 3.05. The molecular formula is C14H18FNO. The minimum Gasteiger partial charge on any atom is -0.350 e. The van der Waals surface area contributed by atoms with E-state index in [1.54, 1.807) is 12.1 Å². The van der Waals surface area contributed by atoms with Gasteiger partial charge in [-0.2, -0.15) is 0 Å². The zero-order valence-electron chi connectivity index (χ0n) is 10.3. The fraction of sp³-hybridized carbons (Fsp3) is 0.500. The summed E-state index contributed by atoms with van der Waals surface area (Å²) >= 11 is 0. The van der Waals surface area contributed by atoms with Crippen molar-refractivity contribution >= 4 is 5.91 Å². The van der Waals surface area contributed by atoms with E-state index >= 15 is 0 Å². The minimum absolute atomic E-state index is 0.112. The smallest absolute Gasteiger partial charge is 0.220 e. The highest BCUT2D eigenvalue weighted by Crippen LogP contribution is 2.29. The van der Waals surface area contributed by atoms with Crippen molar-refractivity contribution in [2.24, 2.45) is 0 Å². The van der Waals surface area contributed by atoms with Crippen LogP contribution in [0.1, 0.15) is 37.3 Å². The van der Waals surface area contributed by atoms with E-state index in [1.165, 1.54) is 6.07 Å². The Morgan fingerprint density at radius 2 is 2.24 bits per heavy atom. The first kappa shape index (κ1) is 12.1. The topological polar surface area (TPSA) is 29.1 Å². The van der Waals surface area contributed by atoms with Crippen molar-refractivity contribution in [3.05, 3.63) is 35.1 Å². The van der Waals surface area contributed by atoms with E-state index in [-0.39, 0.29) is 17.3 Å². The number of rotatable bonds is 3. The lowest BCUT2D eigenvalue weighted by Gasteiger charge is -2.28. The van der Waals surface area contributed by atoms with Gasteiger partial charge in [-0.3, -0.25) is 4.79 Å². The first-order valence-corrected chi connectivity index (χ1v) is 6.11. The first-order chi connectivity index (χ1) is 8.04. The molecule has 0 aromatic heterocycles. The van der Waals surface area contributed by atoms with Gasteiger partial charge in [0.05, 0.1) is 0 Å². The van der Waals surface area contributed by atoms with Crippen LogP contribution in [0.3, 0.4) is 0 Å². The highest BCUT2D eigenvalue weighted by Gasteiger charge is 2.36. The molecule has 1 aromatic rings. The maximum absolute atomic E-state index is 13.2. The van der Waals surface area contributed by atoms with Gasteiger partial charge in [0.15, 0.2) is 0 Å². The maximum atomic E-state index is 13.2. The van der Waals surface area contributed by atoms with Crippen LogP contribution in [0.15, 0.2) is 18.2 Å². The van der Waals surface area contributed by atoms with Crippen LogP contribution in [0, 0.1) is 12.7 Å². The zero-order chi connectivity index (χ0) is 12.5. The lowest BCUT2D eigenvalue weighted by Crippen LogP contribution is -2.43. The Bertz CT molecular complexity index is 444. The third-order valence-corrected chi connectivity index (χ3v) is 3.75. The molecule has 17 heavy (non-hydrogen) atoms. The summed E-state index contributed by atoms with van der Waals surface area (Å²) in [5.41, 5.74) is 1.91. The van der Waals surface area contributed by atoms with Gasteiger partial charge >= 0.3 is 0 Å². The van der Waals surface area contributed by atoms with Crippen LogP contribution in [0.25, 0.3) is 0 Å². The zero-order valence-corrected chi connectivity index (χ0v) is 10.3. The number of benzene rings is 1. The second kappa shape index (κ2) is 4.47. The summed E-state index contributed by atoms with van der Waals surface area (Å²) in [6.07, 6.45) is 3.04. The molecule has 1 saturated heterocycles. The molecule has 0 radical (unpaired) electrons. The molecule has 1 amide bonds. The minimum atomic E-state index is -0.207. The van der Waals surface area contributed by atoms with Gasteiger partial charge in [0.1, 0.15) is 5.82 Å². The molecule has 1 aliphatic rings. The first-order valence-electron chi connectivity index (χ1n) is 6.11. The lowest BCUT2D eigenvalue weighted by atomic mass is 9.85. The van der Waals surface area contributed by atoms with Gasteiger partial charge < -0.3 is 5.32 Å². The van der Waals surface area contributed by atoms with Crippen molar-refractivity contribution in [3.8, 4) is 0 Å².